The third kappa shape index (κ3) is 4.19. The Morgan fingerprint density at radius 2 is 1.84 bits per heavy atom. The molecule has 128 valence electrons. The van der Waals surface area contributed by atoms with Gasteiger partial charge in [-0.15, -0.1) is 10.2 Å². The maximum absolute atomic E-state index is 13.1. The molecule has 0 fully saturated rings. The minimum absolute atomic E-state index is 0.0336. The smallest absolute Gasteiger partial charge is 0.251 e. The Kier molecular flexibility index (Phi) is 5.04. The second-order valence-corrected chi connectivity index (χ2v) is 5.58. The Labute approximate surface area is 146 Å². The van der Waals surface area contributed by atoms with Gasteiger partial charge in [0.25, 0.3) is 5.91 Å². The minimum Gasteiger partial charge on any atom is -0.421 e. The Hall–Kier alpha value is -2.80. The van der Waals surface area contributed by atoms with E-state index in [2.05, 4.69) is 15.5 Å². The fraction of sp³-hybridized carbons (Fsp3) is 0.118. The normalized spacial score (nSPS) is 10.7. The summed E-state index contributed by atoms with van der Waals surface area (Å²) < 4.78 is 31.5. The Morgan fingerprint density at radius 3 is 2.56 bits per heavy atom. The molecule has 3 rings (SSSR count). The number of carbonyl (C=O) groups is 1. The zero-order chi connectivity index (χ0) is 17.8. The van der Waals surface area contributed by atoms with Crippen molar-refractivity contribution in [2.45, 2.75) is 6.42 Å². The molecule has 0 unspecified atom stereocenters. The summed E-state index contributed by atoms with van der Waals surface area (Å²) in [6.07, 6.45) is 0.302. The summed E-state index contributed by atoms with van der Waals surface area (Å²) in [5.41, 5.74) is 0.764. The number of hydrogen-bond donors (Lipinski definition) is 1. The third-order valence-corrected chi connectivity index (χ3v) is 3.62. The molecule has 1 amide bonds. The van der Waals surface area contributed by atoms with Crippen molar-refractivity contribution in [1.29, 1.82) is 0 Å². The van der Waals surface area contributed by atoms with Gasteiger partial charge in [-0.3, -0.25) is 4.79 Å². The summed E-state index contributed by atoms with van der Waals surface area (Å²) in [5, 5.41) is 11.0. The summed E-state index contributed by atoms with van der Waals surface area (Å²) in [7, 11) is 0. The van der Waals surface area contributed by atoms with Crippen molar-refractivity contribution in [2.75, 3.05) is 6.54 Å². The van der Waals surface area contributed by atoms with Gasteiger partial charge < -0.3 is 9.73 Å². The number of halogens is 3. The molecule has 5 nitrogen and oxygen atoms in total. The molecule has 0 radical (unpaired) electrons. The second kappa shape index (κ2) is 7.40. The lowest BCUT2D eigenvalue weighted by Crippen LogP contribution is -2.25. The van der Waals surface area contributed by atoms with Crippen LogP contribution in [0.15, 0.2) is 46.9 Å². The summed E-state index contributed by atoms with van der Waals surface area (Å²) in [5.74, 6) is -1.90. The van der Waals surface area contributed by atoms with Crippen molar-refractivity contribution in [3.05, 3.63) is 70.6 Å². The number of hydrogen-bond acceptors (Lipinski definition) is 4. The van der Waals surface area contributed by atoms with Gasteiger partial charge in [-0.1, -0.05) is 11.6 Å². The van der Waals surface area contributed by atoms with Crippen molar-refractivity contribution in [3.8, 4) is 11.5 Å². The average Bonchev–Trinajstić information content (AvgIpc) is 3.06. The van der Waals surface area contributed by atoms with Crippen molar-refractivity contribution in [3.63, 3.8) is 0 Å². The van der Waals surface area contributed by atoms with Crippen LogP contribution >= 0.6 is 11.6 Å². The lowest BCUT2D eigenvalue weighted by Gasteiger charge is -2.04. The molecule has 2 aromatic carbocycles. The molecular weight excluding hydrogens is 352 g/mol. The van der Waals surface area contributed by atoms with Gasteiger partial charge in [0.05, 0.1) is 0 Å². The maximum Gasteiger partial charge on any atom is 0.251 e. The largest absolute Gasteiger partial charge is 0.421 e. The molecule has 0 bridgehead atoms. The van der Waals surface area contributed by atoms with E-state index < -0.39 is 17.5 Å². The number of amides is 1. The van der Waals surface area contributed by atoms with Gasteiger partial charge in [0.1, 0.15) is 0 Å². The lowest BCUT2D eigenvalue weighted by molar-refractivity contribution is 0.0953. The highest BCUT2D eigenvalue weighted by Gasteiger charge is 2.11. The fourth-order valence-corrected chi connectivity index (χ4v) is 2.21. The van der Waals surface area contributed by atoms with Crippen LogP contribution < -0.4 is 5.32 Å². The molecule has 1 heterocycles. The SMILES string of the molecule is O=C(NCCc1nnc(-c2ccc(Cl)cc2)o1)c1ccc(F)c(F)c1. The van der Waals surface area contributed by atoms with Crippen LogP contribution in [0.4, 0.5) is 8.78 Å². The highest BCUT2D eigenvalue weighted by molar-refractivity contribution is 6.30. The molecule has 1 N–H and O–H groups in total. The van der Waals surface area contributed by atoms with E-state index in [1.165, 1.54) is 6.07 Å². The van der Waals surface area contributed by atoms with Gasteiger partial charge in [-0.2, -0.15) is 0 Å². The summed E-state index contributed by atoms with van der Waals surface area (Å²) in [4.78, 5) is 11.9. The number of aromatic nitrogens is 2. The van der Waals surface area contributed by atoms with E-state index in [4.69, 9.17) is 16.0 Å². The van der Waals surface area contributed by atoms with Crippen molar-refractivity contribution < 1.29 is 18.0 Å². The Bertz CT molecular complexity index is 897. The van der Waals surface area contributed by atoms with Crippen LogP contribution in [-0.2, 0) is 6.42 Å². The molecule has 0 aliphatic heterocycles. The minimum atomic E-state index is -1.07. The second-order valence-electron chi connectivity index (χ2n) is 5.14. The zero-order valence-corrected chi connectivity index (χ0v) is 13.6. The number of benzene rings is 2. The van der Waals surface area contributed by atoms with Crippen LogP contribution in [0.2, 0.25) is 5.02 Å². The van der Waals surface area contributed by atoms with E-state index in [1.54, 1.807) is 24.3 Å². The highest BCUT2D eigenvalue weighted by Crippen LogP contribution is 2.20. The molecular formula is C17H12ClF2N3O2. The molecule has 0 saturated carbocycles. The van der Waals surface area contributed by atoms with Crippen LogP contribution in [0, 0.1) is 11.6 Å². The monoisotopic (exact) mass is 363 g/mol. The number of nitrogens with zero attached hydrogens (tertiary/aromatic N) is 2. The number of nitrogens with one attached hydrogen (secondary N) is 1. The number of carbonyl (C=O) groups excluding carboxylic acids is 1. The van der Waals surface area contributed by atoms with Crippen LogP contribution in [-0.4, -0.2) is 22.6 Å². The quantitative estimate of drug-likeness (QED) is 0.751. The van der Waals surface area contributed by atoms with Crippen molar-refractivity contribution >= 4 is 17.5 Å². The standard InChI is InChI=1S/C17H12ClF2N3O2/c18-12-4-1-10(2-5-12)17-23-22-15(25-17)7-8-21-16(24)11-3-6-13(19)14(20)9-11/h1-6,9H,7-8H2,(H,21,24). The maximum atomic E-state index is 13.1. The van der Waals surface area contributed by atoms with Gasteiger partial charge in [0.15, 0.2) is 11.6 Å². The molecule has 0 saturated heterocycles. The topological polar surface area (TPSA) is 68.0 Å². The van der Waals surface area contributed by atoms with Crippen LogP contribution in [0.5, 0.6) is 0 Å². The van der Waals surface area contributed by atoms with Crippen molar-refractivity contribution in [1.82, 2.24) is 15.5 Å². The fourth-order valence-electron chi connectivity index (χ4n) is 2.09. The van der Waals surface area contributed by atoms with Crippen LogP contribution in [0.25, 0.3) is 11.5 Å². The average molecular weight is 364 g/mol. The van der Waals surface area contributed by atoms with Gasteiger partial charge in [-0.25, -0.2) is 8.78 Å². The Balaban J connectivity index is 1.56. The first-order valence-corrected chi connectivity index (χ1v) is 7.72. The van der Waals surface area contributed by atoms with Crippen LogP contribution in [0.1, 0.15) is 16.2 Å². The molecule has 3 aromatic rings. The third-order valence-electron chi connectivity index (χ3n) is 3.36. The van der Waals surface area contributed by atoms with E-state index in [9.17, 15) is 13.6 Å². The molecule has 25 heavy (non-hydrogen) atoms. The number of rotatable bonds is 5. The molecule has 0 aliphatic carbocycles. The predicted octanol–water partition coefficient (Wildman–Crippen LogP) is 3.64. The van der Waals surface area contributed by atoms with Gasteiger partial charge in [-0.05, 0) is 42.5 Å². The van der Waals surface area contributed by atoms with Gasteiger partial charge >= 0.3 is 0 Å². The first-order chi connectivity index (χ1) is 12.0. The first-order valence-electron chi connectivity index (χ1n) is 7.34. The van der Waals surface area contributed by atoms with E-state index in [-0.39, 0.29) is 12.1 Å². The predicted molar refractivity (Wildman–Crippen MR) is 87.1 cm³/mol. The van der Waals surface area contributed by atoms with E-state index in [0.717, 1.165) is 17.7 Å². The van der Waals surface area contributed by atoms with Gasteiger partial charge in [0, 0.05) is 29.1 Å². The van der Waals surface area contributed by atoms with E-state index >= 15 is 0 Å². The molecule has 0 aliphatic rings. The van der Waals surface area contributed by atoms with E-state index in [0.29, 0.717) is 23.2 Å². The first kappa shape index (κ1) is 17.0. The highest BCUT2D eigenvalue weighted by atomic mass is 35.5. The van der Waals surface area contributed by atoms with Crippen molar-refractivity contribution in [2.24, 2.45) is 0 Å². The van der Waals surface area contributed by atoms with Crippen LogP contribution in [0.3, 0.4) is 0 Å². The molecule has 0 spiro atoms. The van der Waals surface area contributed by atoms with E-state index in [1.807, 2.05) is 0 Å². The Morgan fingerprint density at radius 1 is 1.08 bits per heavy atom. The van der Waals surface area contributed by atoms with Gasteiger partial charge in [0.2, 0.25) is 11.8 Å². The molecule has 8 heteroatoms. The molecule has 0 atom stereocenters. The zero-order valence-electron chi connectivity index (χ0n) is 12.8. The lowest BCUT2D eigenvalue weighted by atomic mass is 10.2. The summed E-state index contributed by atoms with van der Waals surface area (Å²) in [6, 6.07) is 9.89. The molecule has 1 aromatic heterocycles. The summed E-state index contributed by atoms with van der Waals surface area (Å²) in [6.45, 7) is 0.208. The summed E-state index contributed by atoms with van der Waals surface area (Å²) >= 11 is 5.82.